The van der Waals surface area contributed by atoms with Crippen molar-refractivity contribution in [1.29, 1.82) is 0 Å². The van der Waals surface area contributed by atoms with Gasteiger partial charge in [-0.3, -0.25) is 4.79 Å². The highest BCUT2D eigenvalue weighted by Gasteiger charge is 2.17. The van der Waals surface area contributed by atoms with E-state index in [1.165, 1.54) is 38.5 Å². The molecule has 0 aliphatic carbocycles. The Morgan fingerprint density at radius 3 is 2.03 bits per heavy atom. The summed E-state index contributed by atoms with van der Waals surface area (Å²) in [6.07, 6.45) is 0. The first-order valence-corrected chi connectivity index (χ1v) is 9.26. The molecular formula is C21H15Cl2NO6. The molecule has 9 heteroatoms. The Morgan fingerprint density at radius 1 is 0.833 bits per heavy atom. The molecule has 1 N–H and O–H groups in total. The first-order valence-electron chi connectivity index (χ1n) is 8.50. The Labute approximate surface area is 181 Å². The Kier molecular flexibility index (Phi) is 6.44. The molecule has 3 rings (SSSR count). The average molecular weight is 448 g/mol. The molecule has 0 radical (unpaired) electrons. The molecule has 0 aliphatic rings. The molecule has 30 heavy (non-hydrogen) atoms. The second kappa shape index (κ2) is 9.02. The van der Waals surface area contributed by atoms with Crippen molar-refractivity contribution in [2.75, 3.05) is 19.5 Å². The molecule has 2 aromatic carbocycles. The van der Waals surface area contributed by atoms with Gasteiger partial charge in [-0.2, -0.15) is 0 Å². The fourth-order valence-electron chi connectivity index (χ4n) is 2.63. The van der Waals surface area contributed by atoms with Crippen LogP contribution in [0.3, 0.4) is 0 Å². The van der Waals surface area contributed by atoms with Crippen molar-refractivity contribution in [3.63, 3.8) is 0 Å². The third-order valence-electron chi connectivity index (χ3n) is 4.07. The number of benzene rings is 2. The van der Waals surface area contributed by atoms with E-state index in [-0.39, 0.29) is 22.6 Å². The monoisotopic (exact) mass is 447 g/mol. The van der Waals surface area contributed by atoms with Gasteiger partial charge >= 0.3 is 11.9 Å². The first-order chi connectivity index (χ1) is 14.3. The van der Waals surface area contributed by atoms with E-state index in [4.69, 9.17) is 27.6 Å². The lowest BCUT2D eigenvalue weighted by molar-refractivity contribution is 0.0599. The molecule has 0 saturated heterocycles. The lowest BCUT2D eigenvalue weighted by atomic mass is 10.1. The minimum absolute atomic E-state index is 0.0131. The molecular weight excluding hydrogens is 433 g/mol. The number of carbonyl (C=O) groups excluding carboxylic acids is 3. The van der Waals surface area contributed by atoms with Crippen LogP contribution in [0.4, 0.5) is 5.69 Å². The van der Waals surface area contributed by atoms with Crippen LogP contribution in [0, 0.1) is 0 Å². The van der Waals surface area contributed by atoms with Crippen LogP contribution in [0.2, 0.25) is 10.0 Å². The zero-order valence-electron chi connectivity index (χ0n) is 15.8. The summed E-state index contributed by atoms with van der Waals surface area (Å²) in [5.74, 6) is -1.50. The molecule has 0 bridgehead atoms. The number of furan rings is 1. The predicted molar refractivity (Wildman–Crippen MR) is 111 cm³/mol. The fraction of sp³-hybridized carbons (Fsp3) is 0.0952. The van der Waals surface area contributed by atoms with E-state index in [9.17, 15) is 14.4 Å². The fourth-order valence-corrected chi connectivity index (χ4v) is 2.93. The largest absolute Gasteiger partial charge is 0.465 e. The maximum absolute atomic E-state index is 12.6. The maximum atomic E-state index is 12.6. The van der Waals surface area contributed by atoms with E-state index in [0.29, 0.717) is 21.4 Å². The van der Waals surface area contributed by atoms with Gasteiger partial charge in [0.05, 0.1) is 35.4 Å². The molecule has 0 atom stereocenters. The molecule has 0 unspecified atom stereocenters. The molecule has 1 aromatic heterocycles. The smallest absolute Gasteiger partial charge is 0.337 e. The highest BCUT2D eigenvalue weighted by molar-refractivity contribution is 6.42. The van der Waals surface area contributed by atoms with Crippen LogP contribution >= 0.6 is 23.2 Å². The van der Waals surface area contributed by atoms with Gasteiger partial charge in [-0.25, -0.2) is 9.59 Å². The van der Waals surface area contributed by atoms with E-state index in [2.05, 4.69) is 14.8 Å². The van der Waals surface area contributed by atoms with Gasteiger partial charge in [0.25, 0.3) is 5.91 Å². The Bertz CT molecular complexity index is 1100. The average Bonchev–Trinajstić information content (AvgIpc) is 3.24. The van der Waals surface area contributed by atoms with E-state index in [1.807, 2.05) is 0 Å². The van der Waals surface area contributed by atoms with Gasteiger partial charge in [-0.15, -0.1) is 0 Å². The van der Waals surface area contributed by atoms with Gasteiger partial charge in [0.15, 0.2) is 5.76 Å². The van der Waals surface area contributed by atoms with E-state index >= 15 is 0 Å². The van der Waals surface area contributed by atoms with Gasteiger partial charge in [-0.05, 0) is 48.5 Å². The van der Waals surface area contributed by atoms with E-state index in [1.54, 1.807) is 24.3 Å². The summed E-state index contributed by atoms with van der Waals surface area (Å²) < 4.78 is 15.0. The second-order valence-corrected chi connectivity index (χ2v) is 6.84. The zero-order chi connectivity index (χ0) is 21.8. The molecule has 0 fully saturated rings. The van der Waals surface area contributed by atoms with Crippen molar-refractivity contribution < 1.29 is 28.3 Å². The highest BCUT2D eigenvalue weighted by Crippen LogP contribution is 2.30. The first kappa shape index (κ1) is 21.4. The molecule has 3 aromatic rings. The maximum Gasteiger partial charge on any atom is 0.337 e. The summed E-state index contributed by atoms with van der Waals surface area (Å²) in [7, 11) is 2.41. The standard InChI is InChI=1S/C21H15Cl2NO6/c1-28-20(26)12-7-13(21(27)29-2)9-14(8-12)24-19(25)18-6-5-17(30-18)11-3-4-15(22)16(23)10-11/h3-10H,1-2H3,(H,24,25). The third kappa shape index (κ3) is 4.64. The summed E-state index contributed by atoms with van der Waals surface area (Å²) >= 11 is 11.9. The minimum Gasteiger partial charge on any atom is -0.465 e. The topological polar surface area (TPSA) is 94.8 Å². The number of hydrogen-bond acceptors (Lipinski definition) is 6. The molecule has 1 amide bonds. The molecule has 154 valence electrons. The van der Waals surface area contributed by atoms with Crippen LogP contribution in [0.25, 0.3) is 11.3 Å². The van der Waals surface area contributed by atoms with Gasteiger partial charge in [0.2, 0.25) is 0 Å². The number of ether oxygens (including phenoxy) is 2. The second-order valence-electron chi connectivity index (χ2n) is 6.03. The number of rotatable bonds is 5. The number of carbonyl (C=O) groups is 3. The van der Waals surface area contributed by atoms with Crippen LogP contribution in [0.5, 0.6) is 0 Å². The molecule has 7 nitrogen and oxygen atoms in total. The lowest BCUT2D eigenvalue weighted by Crippen LogP contribution is -2.13. The van der Waals surface area contributed by atoms with Gasteiger partial charge in [0.1, 0.15) is 5.76 Å². The van der Waals surface area contributed by atoms with Crippen LogP contribution in [-0.4, -0.2) is 32.1 Å². The number of halogens is 2. The number of methoxy groups -OCH3 is 2. The highest BCUT2D eigenvalue weighted by atomic mass is 35.5. The van der Waals surface area contributed by atoms with Crippen molar-refractivity contribution in [2.24, 2.45) is 0 Å². The normalized spacial score (nSPS) is 10.4. The van der Waals surface area contributed by atoms with Crippen LogP contribution in [0.1, 0.15) is 31.3 Å². The lowest BCUT2D eigenvalue weighted by Gasteiger charge is -2.09. The molecule has 1 heterocycles. The van der Waals surface area contributed by atoms with Gasteiger partial charge in [-0.1, -0.05) is 23.2 Å². The molecule has 0 saturated carbocycles. The number of amides is 1. The number of anilines is 1. The Morgan fingerprint density at radius 2 is 1.47 bits per heavy atom. The predicted octanol–water partition coefficient (Wildman–Crippen LogP) is 5.08. The van der Waals surface area contributed by atoms with E-state index in [0.717, 1.165) is 0 Å². The summed E-state index contributed by atoms with van der Waals surface area (Å²) in [6, 6.07) is 12.1. The van der Waals surface area contributed by atoms with Crippen LogP contribution in [-0.2, 0) is 9.47 Å². The van der Waals surface area contributed by atoms with Gasteiger partial charge in [0, 0.05) is 11.3 Å². The van der Waals surface area contributed by atoms with Crippen molar-refractivity contribution in [1.82, 2.24) is 0 Å². The van der Waals surface area contributed by atoms with Crippen LogP contribution in [0.15, 0.2) is 52.9 Å². The number of hydrogen-bond donors (Lipinski definition) is 1. The SMILES string of the molecule is COC(=O)c1cc(NC(=O)c2ccc(-c3ccc(Cl)c(Cl)c3)o2)cc(C(=O)OC)c1. The van der Waals surface area contributed by atoms with Crippen molar-refractivity contribution in [3.05, 3.63) is 75.5 Å². The van der Waals surface area contributed by atoms with Crippen molar-refractivity contribution in [3.8, 4) is 11.3 Å². The zero-order valence-corrected chi connectivity index (χ0v) is 17.3. The molecule has 0 spiro atoms. The summed E-state index contributed by atoms with van der Waals surface area (Å²) in [5, 5.41) is 3.34. The summed E-state index contributed by atoms with van der Waals surface area (Å²) in [5.41, 5.74) is 0.984. The number of nitrogens with one attached hydrogen (secondary N) is 1. The molecule has 0 aliphatic heterocycles. The summed E-state index contributed by atoms with van der Waals surface area (Å²) in [6.45, 7) is 0. The Hall–Kier alpha value is -3.29. The Balaban J connectivity index is 1.87. The van der Waals surface area contributed by atoms with Crippen molar-refractivity contribution >= 4 is 46.7 Å². The van der Waals surface area contributed by atoms with Crippen molar-refractivity contribution in [2.45, 2.75) is 0 Å². The van der Waals surface area contributed by atoms with E-state index < -0.39 is 17.8 Å². The number of esters is 2. The third-order valence-corrected chi connectivity index (χ3v) is 4.81. The minimum atomic E-state index is -0.670. The van der Waals surface area contributed by atoms with Crippen LogP contribution < -0.4 is 5.32 Å². The quantitative estimate of drug-likeness (QED) is 0.547. The summed E-state index contributed by atoms with van der Waals surface area (Å²) in [4.78, 5) is 36.3. The van der Waals surface area contributed by atoms with Gasteiger partial charge < -0.3 is 19.2 Å².